The number of hydrogen-bond donors (Lipinski definition) is 1. The summed E-state index contributed by atoms with van der Waals surface area (Å²) in [6, 6.07) is 22.0. The lowest BCUT2D eigenvalue weighted by molar-refractivity contribution is -0.121. The highest BCUT2D eigenvalue weighted by molar-refractivity contribution is 6.30. The molecule has 1 fully saturated rings. The molecule has 0 unspecified atom stereocenters. The fourth-order valence-corrected chi connectivity index (χ4v) is 6.90. The first-order valence-corrected chi connectivity index (χ1v) is 13.5. The third kappa shape index (κ3) is 3.36. The molecule has 7 heteroatoms. The first kappa shape index (κ1) is 24.5. The van der Waals surface area contributed by atoms with E-state index >= 15 is 0 Å². The summed E-state index contributed by atoms with van der Waals surface area (Å²) in [5.74, 6) is -1.88. The minimum atomic E-state index is -1.35. The van der Waals surface area contributed by atoms with Crippen molar-refractivity contribution in [3.8, 4) is 0 Å². The Bertz CT molecular complexity index is 1730. The highest BCUT2D eigenvalue weighted by atomic mass is 35.5. The van der Waals surface area contributed by atoms with Gasteiger partial charge in [-0.1, -0.05) is 53.6 Å². The molecule has 4 aromatic rings. The monoisotopic (exact) mass is 545 g/mol. The van der Waals surface area contributed by atoms with Gasteiger partial charge < -0.3 is 10.2 Å². The molecule has 0 saturated carbocycles. The van der Waals surface area contributed by atoms with Gasteiger partial charge in [-0.3, -0.25) is 19.4 Å². The summed E-state index contributed by atoms with van der Waals surface area (Å²) < 4.78 is 0. The summed E-state index contributed by atoms with van der Waals surface area (Å²) >= 11 is 6.16. The molecule has 4 heterocycles. The summed E-state index contributed by atoms with van der Waals surface area (Å²) in [7, 11) is 0. The Labute approximate surface area is 236 Å². The number of para-hydroxylation sites is 1. The lowest BCUT2D eigenvalue weighted by Gasteiger charge is -2.37. The number of Topliss-reactive ketones (excluding diaryl/α,β-unsaturated/α-hetero) is 2. The normalized spacial score (nSPS) is 23.9. The van der Waals surface area contributed by atoms with Gasteiger partial charge >= 0.3 is 0 Å². The Morgan fingerprint density at radius 2 is 1.75 bits per heavy atom. The second-order valence-corrected chi connectivity index (χ2v) is 11.0. The van der Waals surface area contributed by atoms with Crippen LogP contribution in [0, 0.1) is 12.8 Å². The van der Waals surface area contributed by atoms with Gasteiger partial charge in [-0.05, 0) is 72.6 Å². The number of aryl methyl sites for hydroxylation is 1. The quantitative estimate of drug-likeness (QED) is 0.323. The van der Waals surface area contributed by atoms with Crippen LogP contribution >= 0.6 is 11.6 Å². The zero-order valence-corrected chi connectivity index (χ0v) is 22.3. The fraction of sp³-hybridized carbons (Fsp3) is 0.152. The number of halogens is 1. The van der Waals surface area contributed by atoms with Crippen molar-refractivity contribution in [1.29, 1.82) is 0 Å². The number of benzene rings is 3. The van der Waals surface area contributed by atoms with Gasteiger partial charge in [0, 0.05) is 39.9 Å². The molecule has 4 atom stereocenters. The van der Waals surface area contributed by atoms with E-state index in [1.165, 1.54) is 6.20 Å². The maximum Gasteiger partial charge on any atom is 0.238 e. The van der Waals surface area contributed by atoms with Crippen molar-refractivity contribution in [3.63, 3.8) is 0 Å². The largest absolute Gasteiger partial charge is 0.352 e. The highest BCUT2D eigenvalue weighted by Gasteiger charge is 2.70. The Hall–Kier alpha value is -4.55. The number of rotatable bonds is 4. The molecule has 0 radical (unpaired) electrons. The van der Waals surface area contributed by atoms with Crippen LogP contribution in [-0.2, 0) is 10.2 Å². The summed E-state index contributed by atoms with van der Waals surface area (Å²) in [6.45, 7) is 2.01. The summed E-state index contributed by atoms with van der Waals surface area (Å²) in [4.78, 5) is 49.7. The number of pyridine rings is 1. The van der Waals surface area contributed by atoms with Crippen LogP contribution in [0.2, 0.25) is 5.02 Å². The first-order chi connectivity index (χ1) is 19.4. The molecule has 1 spiro atoms. The molecule has 3 aliphatic heterocycles. The Morgan fingerprint density at radius 1 is 0.950 bits per heavy atom. The van der Waals surface area contributed by atoms with E-state index in [9.17, 15) is 14.4 Å². The number of nitrogens with zero attached hydrogens (tertiary/aromatic N) is 2. The number of fused-ring (bicyclic) bond motifs is 6. The molecule has 196 valence electrons. The third-order valence-electron chi connectivity index (χ3n) is 8.41. The predicted molar refractivity (Wildman–Crippen MR) is 155 cm³/mol. The van der Waals surface area contributed by atoms with Crippen LogP contribution in [0.25, 0.3) is 6.08 Å². The van der Waals surface area contributed by atoms with E-state index in [2.05, 4.69) is 16.4 Å². The van der Waals surface area contributed by atoms with Crippen LogP contribution in [-0.4, -0.2) is 34.5 Å². The minimum absolute atomic E-state index is 0.250. The van der Waals surface area contributed by atoms with Crippen LogP contribution in [0.5, 0.6) is 0 Å². The number of aromatic nitrogens is 1. The lowest BCUT2D eigenvalue weighted by atomic mass is 9.64. The molecule has 40 heavy (non-hydrogen) atoms. The Balaban J connectivity index is 1.54. The average Bonchev–Trinajstić information content (AvgIpc) is 3.45. The molecule has 6 nitrogen and oxygen atoms in total. The highest BCUT2D eigenvalue weighted by Crippen LogP contribution is 2.58. The van der Waals surface area contributed by atoms with Gasteiger partial charge in [0.1, 0.15) is 11.5 Å². The number of ketones is 2. The third-order valence-corrected chi connectivity index (χ3v) is 8.67. The van der Waals surface area contributed by atoms with E-state index in [-0.39, 0.29) is 17.5 Å². The maximum atomic E-state index is 14.6. The number of carbonyl (C=O) groups excluding carboxylic acids is 3. The van der Waals surface area contributed by atoms with Gasteiger partial charge in [0.15, 0.2) is 11.6 Å². The topological polar surface area (TPSA) is 79.4 Å². The minimum Gasteiger partial charge on any atom is -0.352 e. The lowest BCUT2D eigenvalue weighted by Crippen LogP contribution is -2.51. The number of amides is 1. The van der Waals surface area contributed by atoms with E-state index in [4.69, 9.17) is 11.6 Å². The van der Waals surface area contributed by atoms with Crippen LogP contribution < -0.4 is 10.2 Å². The molecule has 3 aliphatic rings. The van der Waals surface area contributed by atoms with Gasteiger partial charge in [0.05, 0.1) is 12.0 Å². The second-order valence-electron chi connectivity index (χ2n) is 10.5. The van der Waals surface area contributed by atoms with Gasteiger partial charge in [-0.15, -0.1) is 0 Å². The van der Waals surface area contributed by atoms with E-state index in [0.717, 1.165) is 16.8 Å². The molecule has 0 bridgehead atoms. The van der Waals surface area contributed by atoms with Gasteiger partial charge in [0.25, 0.3) is 0 Å². The molecular formula is C33H24ClN3O3. The van der Waals surface area contributed by atoms with Crippen molar-refractivity contribution >= 4 is 46.5 Å². The molecule has 3 aromatic carbocycles. The smallest absolute Gasteiger partial charge is 0.238 e. The van der Waals surface area contributed by atoms with E-state index in [1.807, 2.05) is 60.4 Å². The SMILES string of the molecule is Cc1ccc2c(c1)C=C[C@@H]1N2[C@H](C(=O)c2ccc(Cl)cc2)[C@@H](C(=O)c2cccnc2)[C@]12C(=O)Nc1ccccc12. The average molecular weight is 546 g/mol. The zero-order valence-electron chi connectivity index (χ0n) is 21.5. The molecule has 1 amide bonds. The summed E-state index contributed by atoms with van der Waals surface area (Å²) in [6.07, 6.45) is 7.07. The van der Waals surface area contributed by atoms with E-state index in [0.29, 0.717) is 27.4 Å². The maximum absolute atomic E-state index is 14.6. The van der Waals surface area contributed by atoms with Gasteiger partial charge in [-0.2, -0.15) is 0 Å². The van der Waals surface area contributed by atoms with Crippen molar-refractivity contribution in [1.82, 2.24) is 4.98 Å². The van der Waals surface area contributed by atoms with Crippen molar-refractivity contribution in [2.45, 2.75) is 24.4 Å². The van der Waals surface area contributed by atoms with Crippen molar-refractivity contribution in [2.24, 2.45) is 5.92 Å². The number of nitrogens with one attached hydrogen (secondary N) is 1. The van der Waals surface area contributed by atoms with Crippen molar-refractivity contribution < 1.29 is 14.4 Å². The van der Waals surface area contributed by atoms with Gasteiger partial charge in [0.2, 0.25) is 5.91 Å². The standard InChI is InChI=1S/C33H24ClN3O3/c1-19-8-14-26-21(17-19)11-15-27-33(24-6-2-3-7-25(24)36-32(33)40)28(30(38)22-5-4-16-35-18-22)29(37(26)27)31(39)20-9-12-23(34)13-10-20/h2-18,27-29H,1H3,(H,36,40)/t27-,28-,29-,33+/m0/s1. The zero-order chi connectivity index (χ0) is 27.6. The van der Waals surface area contributed by atoms with Crippen LogP contribution in [0.3, 0.4) is 0 Å². The summed E-state index contributed by atoms with van der Waals surface area (Å²) in [5, 5.41) is 3.55. The van der Waals surface area contributed by atoms with E-state index in [1.54, 1.807) is 42.6 Å². The predicted octanol–water partition coefficient (Wildman–Crippen LogP) is 5.90. The van der Waals surface area contributed by atoms with Crippen LogP contribution in [0.4, 0.5) is 11.4 Å². The van der Waals surface area contributed by atoms with Crippen LogP contribution in [0.15, 0.2) is 97.3 Å². The Morgan fingerprint density at radius 3 is 2.52 bits per heavy atom. The molecule has 7 rings (SSSR count). The summed E-state index contributed by atoms with van der Waals surface area (Å²) in [5.41, 5.74) is 3.60. The Kier molecular flexibility index (Phi) is 5.51. The number of hydrogen-bond acceptors (Lipinski definition) is 5. The number of carbonyl (C=O) groups is 3. The first-order valence-electron chi connectivity index (χ1n) is 13.1. The molecule has 1 N–H and O–H groups in total. The fourth-order valence-electron chi connectivity index (χ4n) is 6.77. The second kappa shape index (κ2) is 9.00. The van der Waals surface area contributed by atoms with Gasteiger partial charge in [-0.25, -0.2) is 0 Å². The van der Waals surface area contributed by atoms with Crippen molar-refractivity contribution in [2.75, 3.05) is 10.2 Å². The molecule has 1 aromatic heterocycles. The molecular weight excluding hydrogens is 522 g/mol. The molecule has 0 aliphatic carbocycles. The van der Waals surface area contributed by atoms with Crippen molar-refractivity contribution in [3.05, 3.63) is 130 Å². The number of anilines is 2. The van der Waals surface area contributed by atoms with Crippen LogP contribution in [0.1, 0.15) is 37.4 Å². The van der Waals surface area contributed by atoms with E-state index < -0.39 is 23.4 Å². The molecule has 1 saturated heterocycles.